The topological polar surface area (TPSA) is 132 Å². The van der Waals surface area contributed by atoms with Gasteiger partial charge >= 0.3 is 0 Å². The summed E-state index contributed by atoms with van der Waals surface area (Å²) >= 11 is 0. The molecule has 0 unspecified atom stereocenters. The molecule has 1 aromatic rings. The maximum absolute atomic E-state index is 11.4. The van der Waals surface area contributed by atoms with E-state index >= 15 is 0 Å². The average molecular weight is 353 g/mol. The minimum atomic E-state index is -4.68. The molecular weight excluding hydrogens is 334 g/mol. The van der Waals surface area contributed by atoms with Crippen LogP contribution in [0.2, 0.25) is 0 Å². The van der Waals surface area contributed by atoms with Gasteiger partial charge in [0.15, 0.2) is 0 Å². The van der Waals surface area contributed by atoms with Crippen LogP contribution in [-0.4, -0.2) is 48.3 Å². The Hall–Kier alpha value is -1.04. The van der Waals surface area contributed by atoms with Crippen LogP contribution in [0.3, 0.4) is 0 Å². The first kappa shape index (κ1) is 19.0. The number of hydroxylamine groups is 2. The van der Waals surface area contributed by atoms with Gasteiger partial charge in [0.2, 0.25) is 0 Å². The third-order valence-corrected chi connectivity index (χ3v) is 4.77. The summed E-state index contributed by atoms with van der Waals surface area (Å²) in [5.74, 6) is 0. The molecule has 0 atom stereocenters. The molecule has 0 aliphatic carbocycles. The zero-order valence-electron chi connectivity index (χ0n) is 12.4. The molecule has 0 bridgehead atoms. The molecule has 0 amide bonds. The van der Waals surface area contributed by atoms with Crippen molar-refractivity contribution in [2.45, 2.75) is 42.5 Å². The highest BCUT2D eigenvalue weighted by Gasteiger charge is 2.23. The third kappa shape index (κ3) is 5.00. The average Bonchev–Trinajstić information content (AvgIpc) is 2.32. The van der Waals surface area contributed by atoms with Crippen LogP contribution in [0.25, 0.3) is 0 Å². The van der Waals surface area contributed by atoms with Crippen LogP contribution in [0.1, 0.15) is 26.3 Å². The standard InChI is InChI=1S/C12H19NO7S2/c1-12(2,3)13(14)7-6-9-4-5-10(21(15,16)17)8-11(9)22(18,19)20/h4-5,8,14H,6-7H2,1-3H3,(H,15,16,17)(H,18,19,20). The molecule has 8 nitrogen and oxygen atoms in total. The Kier molecular flexibility index (Phi) is 5.38. The SMILES string of the molecule is CC(C)(C)N(O)CCc1ccc(S(=O)(=O)O)cc1S(=O)(=O)O. The number of rotatable bonds is 5. The van der Waals surface area contributed by atoms with Crippen molar-refractivity contribution in [2.75, 3.05) is 6.54 Å². The summed E-state index contributed by atoms with van der Waals surface area (Å²) in [5.41, 5.74) is -0.440. The molecule has 0 radical (unpaired) electrons. The maximum atomic E-state index is 11.4. The van der Waals surface area contributed by atoms with Gasteiger partial charge in [-0.25, -0.2) is 0 Å². The Morgan fingerprint density at radius 1 is 1.05 bits per heavy atom. The molecule has 3 N–H and O–H groups in total. The first-order chi connectivity index (χ1) is 9.73. The fourth-order valence-corrected chi connectivity index (χ4v) is 3.06. The van der Waals surface area contributed by atoms with Gasteiger partial charge in [0, 0.05) is 12.1 Å². The van der Waals surface area contributed by atoms with Crippen LogP contribution in [0.5, 0.6) is 0 Å². The summed E-state index contributed by atoms with van der Waals surface area (Å²) in [4.78, 5) is -1.26. The predicted molar refractivity (Wildman–Crippen MR) is 78.0 cm³/mol. The van der Waals surface area contributed by atoms with Crippen molar-refractivity contribution >= 4 is 20.2 Å². The molecule has 10 heteroatoms. The molecule has 126 valence electrons. The molecule has 0 fully saturated rings. The van der Waals surface area contributed by atoms with Crippen LogP contribution in [-0.2, 0) is 26.7 Å². The van der Waals surface area contributed by atoms with Crippen molar-refractivity contribution in [1.29, 1.82) is 0 Å². The molecule has 0 heterocycles. The molecule has 22 heavy (non-hydrogen) atoms. The lowest BCUT2D eigenvalue weighted by atomic mass is 10.1. The molecule has 0 aliphatic rings. The van der Waals surface area contributed by atoms with E-state index in [0.717, 1.165) is 11.1 Å². The lowest BCUT2D eigenvalue weighted by Gasteiger charge is -2.29. The number of nitrogens with zero attached hydrogens (tertiary/aromatic N) is 1. The lowest BCUT2D eigenvalue weighted by Crippen LogP contribution is -2.39. The second kappa shape index (κ2) is 6.22. The van der Waals surface area contributed by atoms with E-state index in [1.54, 1.807) is 20.8 Å². The van der Waals surface area contributed by atoms with E-state index in [9.17, 15) is 26.6 Å². The molecule has 0 aromatic heterocycles. The number of hydrogen-bond donors (Lipinski definition) is 3. The second-order valence-electron chi connectivity index (χ2n) is 5.76. The van der Waals surface area contributed by atoms with Crippen LogP contribution in [0, 0.1) is 0 Å². The molecular formula is C12H19NO7S2. The van der Waals surface area contributed by atoms with E-state index in [1.165, 1.54) is 6.07 Å². The van der Waals surface area contributed by atoms with E-state index in [-0.39, 0.29) is 18.5 Å². The van der Waals surface area contributed by atoms with Crippen molar-refractivity contribution in [3.8, 4) is 0 Å². The molecule has 0 saturated heterocycles. The quantitative estimate of drug-likeness (QED) is 0.531. The summed E-state index contributed by atoms with van der Waals surface area (Å²) in [6.07, 6.45) is 0.0502. The van der Waals surface area contributed by atoms with Gasteiger partial charge < -0.3 is 5.21 Å². The van der Waals surface area contributed by atoms with E-state index < -0.39 is 35.6 Å². The van der Waals surface area contributed by atoms with E-state index in [2.05, 4.69) is 0 Å². The number of benzene rings is 1. The fourth-order valence-electron chi connectivity index (χ4n) is 1.70. The Morgan fingerprint density at radius 3 is 2.00 bits per heavy atom. The number of hydrogen-bond acceptors (Lipinski definition) is 6. The molecule has 0 spiro atoms. The predicted octanol–water partition coefficient (Wildman–Crippen LogP) is 1.21. The molecule has 1 aromatic carbocycles. The first-order valence-corrected chi connectivity index (χ1v) is 9.15. The second-order valence-corrected chi connectivity index (χ2v) is 8.58. The Balaban J connectivity index is 3.21. The van der Waals surface area contributed by atoms with E-state index in [0.29, 0.717) is 6.07 Å². The molecule has 0 aliphatic heterocycles. The van der Waals surface area contributed by atoms with Gasteiger partial charge in [0.25, 0.3) is 20.2 Å². The van der Waals surface area contributed by atoms with Gasteiger partial charge in [0.1, 0.15) is 0 Å². The monoisotopic (exact) mass is 353 g/mol. The lowest BCUT2D eigenvalue weighted by molar-refractivity contribution is -0.154. The van der Waals surface area contributed by atoms with Crippen molar-refractivity contribution in [3.05, 3.63) is 23.8 Å². The zero-order chi connectivity index (χ0) is 17.3. The summed E-state index contributed by atoms with van der Waals surface area (Å²) in [6.45, 7) is 5.31. The van der Waals surface area contributed by atoms with Gasteiger partial charge in [-0.05, 0) is 44.9 Å². The summed E-state index contributed by atoms with van der Waals surface area (Å²) in [5, 5.41) is 10.8. The van der Waals surface area contributed by atoms with Crippen molar-refractivity contribution in [2.24, 2.45) is 0 Å². The van der Waals surface area contributed by atoms with Crippen LogP contribution >= 0.6 is 0 Å². The van der Waals surface area contributed by atoms with Crippen LogP contribution < -0.4 is 0 Å². The zero-order valence-corrected chi connectivity index (χ0v) is 14.0. The highest BCUT2D eigenvalue weighted by atomic mass is 32.2. The Bertz CT molecular complexity index is 748. The Labute approximate surface area is 129 Å². The highest BCUT2D eigenvalue weighted by Crippen LogP contribution is 2.22. The fraction of sp³-hybridized carbons (Fsp3) is 0.500. The summed E-state index contributed by atoms with van der Waals surface area (Å²) in [7, 11) is -9.27. The van der Waals surface area contributed by atoms with Crippen molar-refractivity contribution in [1.82, 2.24) is 5.06 Å². The highest BCUT2D eigenvalue weighted by molar-refractivity contribution is 7.86. The van der Waals surface area contributed by atoms with Gasteiger partial charge in [0.05, 0.1) is 9.79 Å². The van der Waals surface area contributed by atoms with Gasteiger partial charge in [-0.3, -0.25) is 9.11 Å². The maximum Gasteiger partial charge on any atom is 0.294 e. The van der Waals surface area contributed by atoms with E-state index in [4.69, 9.17) is 4.55 Å². The van der Waals surface area contributed by atoms with E-state index in [1.807, 2.05) is 0 Å². The molecule has 1 rings (SSSR count). The van der Waals surface area contributed by atoms with Gasteiger partial charge in [-0.2, -0.15) is 21.9 Å². The summed E-state index contributed by atoms with van der Waals surface area (Å²) in [6, 6.07) is 2.87. The largest absolute Gasteiger partial charge is 0.313 e. The van der Waals surface area contributed by atoms with Crippen LogP contribution in [0.15, 0.2) is 28.0 Å². The smallest absolute Gasteiger partial charge is 0.294 e. The minimum Gasteiger partial charge on any atom is -0.313 e. The summed E-state index contributed by atoms with van der Waals surface area (Å²) < 4.78 is 63.0. The van der Waals surface area contributed by atoms with Crippen molar-refractivity contribution in [3.63, 3.8) is 0 Å². The first-order valence-electron chi connectivity index (χ1n) is 6.27. The van der Waals surface area contributed by atoms with Gasteiger partial charge in [-0.1, -0.05) is 6.07 Å². The minimum absolute atomic E-state index is 0.0502. The molecule has 0 saturated carbocycles. The third-order valence-electron chi connectivity index (χ3n) is 2.98. The van der Waals surface area contributed by atoms with Crippen molar-refractivity contribution < 1.29 is 31.1 Å². The van der Waals surface area contributed by atoms with Gasteiger partial charge in [-0.15, -0.1) is 0 Å². The Morgan fingerprint density at radius 2 is 1.59 bits per heavy atom. The van der Waals surface area contributed by atoms with Crippen LogP contribution in [0.4, 0.5) is 0 Å². The normalized spacial score (nSPS) is 13.6.